The van der Waals surface area contributed by atoms with Crippen molar-refractivity contribution in [2.75, 3.05) is 32.7 Å². The van der Waals surface area contributed by atoms with Crippen molar-refractivity contribution in [3.8, 4) is 6.07 Å². The lowest BCUT2D eigenvalue weighted by molar-refractivity contribution is -0.895. The molecule has 0 aliphatic carbocycles. The third-order valence-corrected chi connectivity index (χ3v) is 6.83. The van der Waals surface area contributed by atoms with E-state index in [-0.39, 0.29) is 41.8 Å². The zero-order chi connectivity index (χ0) is 20.9. The maximum atomic E-state index is 12.9. The summed E-state index contributed by atoms with van der Waals surface area (Å²) in [6.45, 7) is 2.11. The lowest BCUT2D eigenvalue weighted by Gasteiger charge is -2.31. The number of amides is 1. The summed E-state index contributed by atoms with van der Waals surface area (Å²) >= 11 is 0. The highest BCUT2D eigenvalue weighted by atomic mass is 32.2. The van der Waals surface area contributed by atoms with Gasteiger partial charge in [-0.2, -0.15) is 9.57 Å². The number of rotatable bonds is 6. The largest absolute Gasteiger partial charge is 0.347 e. The molecule has 0 unspecified atom stereocenters. The highest BCUT2D eigenvalue weighted by molar-refractivity contribution is 7.89. The van der Waals surface area contributed by atoms with Crippen LogP contribution in [0, 0.1) is 17.1 Å². The van der Waals surface area contributed by atoms with Crippen LogP contribution in [0.1, 0.15) is 11.1 Å². The van der Waals surface area contributed by atoms with Gasteiger partial charge in [0.1, 0.15) is 11.9 Å². The molecule has 1 amide bonds. The molecule has 0 spiro atoms. The first kappa shape index (κ1) is 20.9. The summed E-state index contributed by atoms with van der Waals surface area (Å²) in [6.07, 6.45) is 0. The molecule has 29 heavy (non-hydrogen) atoms. The Bertz CT molecular complexity index is 1010. The highest BCUT2D eigenvalue weighted by Crippen LogP contribution is 2.19. The SMILES string of the molecule is N#Cc1ccccc1S(=O)(=O)N1CC[NH+](CC(=O)NCc2ccc(F)cc2)CC1. The Hall–Kier alpha value is -2.80. The smallest absolute Gasteiger partial charge is 0.275 e. The van der Waals surface area contributed by atoms with Crippen LogP contribution >= 0.6 is 0 Å². The summed E-state index contributed by atoms with van der Waals surface area (Å²) in [4.78, 5) is 13.2. The van der Waals surface area contributed by atoms with E-state index in [0.29, 0.717) is 19.6 Å². The Labute approximate surface area is 169 Å². The number of halogens is 1. The number of carbonyl (C=O) groups is 1. The van der Waals surface area contributed by atoms with E-state index in [0.717, 1.165) is 10.5 Å². The van der Waals surface area contributed by atoms with Gasteiger partial charge in [0, 0.05) is 6.54 Å². The number of carbonyl (C=O) groups excluding carboxylic acids is 1. The molecule has 1 saturated heterocycles. The number of benzene rings is 2. The molecule has 1 aliphatic rings. The Morgan fingerprint density at radius 3 is 2.45 bits per heavy atom. The number of hydrogen-bond acceptors (Lipinski definition) is 4. The van der Waals surface area contributed by atoms with Gasteiger partial charge in [-0.05, 0) is 29.8 Å². The van der Waals surface area contributed by atoms with Crippen LogP contribution in [0.15, 0.2) is 53.4 Å². The minimum absolute atomic E-state index is 0.0167. The first-order chi connectivity index (χ1) is 13.9. The van der Waals surface area contributed by atoms with Crippen LogP contribution < -0.4 is 10.2 Å². The van der Waals surface area contributed by atoms with Gasteiger partial charge in [0.2, 0.25) is 10.0 Å². The quantitative estimate of drug-likeness (QED) is 0.687. The van der Waals surface area contributed by atoms with Crippen LogP contribution in [-0.4, -0.2) is 51.4 Å². The molecule has 0 bridgehead atoms. The molecule has 0 radical (unpaired) electrons. The van der Waals surface area contributed by atoms with E-state index in [2.05, 4.69) is 5.32 Å². The van der Waals surface area contributed by atoms with Crippen LogP contribution in [0.25, 0.3) is 0 Å². The number of nitrogens with zero attached hydrogens (tertiary/aromatic N) is 2. The van der Waals surface area contributed by atoms with Crippen LogP contribution in [0.3, 0.4) is 0 Å². The summed E-state index contributed by atoms with van der Waals surface area (Å²) in [5.74, 6) is -0.467. The molecule has 0 aromatic heterocycles. The van der Waals surface area contributed by atoms with Gasteiger partial charge in [0.05, 0.1) is 36.6 Å². The Kier molecular flexibility index (Phi) is 6.59. The van der Waals surface area contributed by atoms with Gasteiger partial charge in [-0.3, -0.25) is 4.79 Å². The number of piperazine rings is 1. The van der Waals surface area contributed by atoms with Crippen molar-refractivity contribution in [2.45, 2.75) is 11.4 Å². The molecule has 152 valence electrons. The second-order valence-corrected chi connectivity index (χ2v) is 8.75. The molecule has 2 aromatic carbocycles. The lowest BCUT2D eigenvalue weighted by atomic mass is 10.2. The third kappa shape index (κ3) is 5.17. The first-order valence-corrected chi connectivity index (χ1v) is 10.7. The molecule has 9 heteroatoms. The van der Waals surface area contributed by atoms with Gasteiger partial charge in [0.15, 0.2) is 6.54 Å². The van der Waals surface area contributed by atoms with E-state index in [1.54, 1.807) is 24.3 Å². The second-order valence-electron chi connectivity index (χ2n) is 6.84. The standard InChI is InChI=1S/C20H21FN4O3S/c21-18-7-5-16(6-8-18)14-23-20(26)15-24-9-11-25(12-10-24)29(27,28)19-4-2-1-3-17(19)13-22/h1-8H,9-12,14-15H2,(H,23,26)/p+1. The molecule has 1 fully saturated rings. The average molecular weight is 417 g/mol. The first-order valence-electron chi connectivity index (χ1n) is 9.24. The minimum atomic E-state index is -3.74. The number of quaternary nitrogens is 1. The maximum absolute atomic E-state index is 12.9. The fourth-order valence-corrected chi connectivity index (χ4v) is 4.82. The minimum Gasteiger partial charge on any atom is -0.347 e. The molecular weight excluding hydrogens is 395 g/mol. The summed E-state index contributed by atoms with van der Waals surface area (Å²) < 4.78 is 39.9. The third-order valence-electron chi connectivity index (χ3n) is 4.87. The molecule has 7 nitrogen and oxygen atoms in total. The normalized spacial score (nSPS) is 15.6. The Balaban J connectivity index is 1.51. The van der Waals surface area contributed by atoms with Gasteiger partial charge in [0.25, 0.3) is 5.91 Å². The van der Waals surface area contributed by atoms with Gasteiger partial charge in [-0.25, -0.2) is 12.8 Å². The highest BCUT2D eigenvalue weighted by Gasteiger charge is 2.32. The fourth-order valence-electron chi connectivity index (χ4n) is 3.24. The number of nitriles is 1. The van der Waals surface area contributed by atoms with Crippen LogP contribution in [-0.2, 0) is 21.4 Å². The van der Waals surface area contributed by atoms with Crippen molar-refractivity contribution < 1.29 is 22.5 Å². The van der Waals surface area contributed by atoms with Gasteiger partial charge in [-0.1, -0.05) is 24.3 Å². The van der Waals surface area contributed by atoms with Crippen LogP contribution in [0.4, 0.5) is 4.39 Å². The van der Waals surface area contributed by atoms with Gasteiger partial charge in [-0.15, -0.1) is 0 Å². The zero-order valence-electron chi connectivity index (χ0n) is 15.8. The zero-order valence-corrected chi connectivity index (χ0v) is 16.6. The Morgan fingerprint density at radius 1 is 1.14 bits per heavy atom. The van der Waals surface area contributed by atoms with E-state index in [9.17, 15) is 17.6 Å². The summed E-state index contributed by atoms with van der Waals surface area (Å²) in [5, 5.41) is 12.0. The molecule has 2 aromatic rings. The van der Waals surface area contributed by atoms with Crippen molar-refractivity contribution in [3.63, 3.8) is 0 Å². The van der Waals surface area contributed by atoms with Crippen molar-refractivity contribution in [3.05, 3.63) is 65.5 Å². The van der Waals surface area contributed by atoms with Gasteiger partial charge < -0.3 is 10.2 Å². The number of sulfonamides is 1. The van der Waals surface area contributed by atoms with E-state index in [1.807, 2.05) is 6.07 Å². The number of nitrogens with one attached hydrogen (secondary N) is 2. The van der Waals surface area contributed by atoms with E-state index >= 15 is 0 Å². The molecule has 1 aliphatic heterocycles. The molecule has 2 N–H and O–H groups in total. The monoisotopic (exact) mass is 417 g/mol. The number of hydrogen-bond donors (Lipinski definition) is 2. The predicted molar refractivity (Wildman–Crippen MR) is 104 cm³/mol. The van der Waals surface area contributed by atoms with Crippen molar-refractivity contribution in [1.29, 1.82) is 5.26 Å². The van der Waals surface area contributed by atoms with Crippen molar-refractivity contribution >= 4 is 15.9 Å². The fraction of sp³-hybridized carbons (Fsp3) is 0.300. The molecule has 0 saturated carbocycles. The maximum Gasteiger partial charge on any atom is 0.275 e. The summed E-state index contributed by atoms with van der Waals surface area (Å²) in [7, 11) is -3.74. The predicted octanol–water partition coefficient (Wildman–Crippen LogP) is -0.0970. The van der Waals surface area contributed by atoms with E-state index in [1.165, 1.54) is 28.6 Å². The van der Waals surface area contributed by atoms with Crippen LogP contribution in [0.5, 0.6) is 0 Å². The molecule has 3 rings (SSSR count). The summed E-state index contributed by atoms with van der Waals surface area (Å²) in [6, 6.07) is 14.0. The van der Waals surface area contributed by atoms with E-state index < -0.39 is 10.0 Å². The average Bonchev–Trinajstić information content (AvgIpc) is 2.73. The van der Waals surface area contributed by atoms with Crippen molar-refractivity contribution in [2.24, 2.45) is 0 Å². The molecule has 1 heterocycles. The Morgan fingerprint density at radius 2 is 1.79 bits per heavy atom. The molecular formula is C20H22FN4O3S+. The summed E-state index contributed by atoms with van der Waals surface area (Å²) in [5.41, 5.74) is 0.935. The molecule has 0 atom stereocenters. The van der Waals surface area contributed by atoms with E-state index in [4.69, 9.17) is 5.26 Å². The lowest BCUT2D eigenvalue weighted by Crippen LogP contribution is -3.15. The van der Waals surface area contributed by atoms with Crippen LogP contribution in [0.2, 0.25) is 0 Å². The van der Waals surface area contributed by atoms with Gasteiger partial charge >= 0.3 is 0 Å². The topological polar surface area (TPSA) is 94.7 Å². The second kappa shape index (κ2) is 9.13. The van der Waals surface area contributed by atoms with Crippen molar-refractivity contribution in [1.82, 2.24) is 9.62 Å².